The largest absolute Gasteiger partial charge is 0.369 e. The van der Waals surface area contributed by atoms with E-state index in [2.05, 4.69) is 20.6 Å². The third-order valence-corrected chi connectivity index (χ3v) is 4.66. The number of carbonyl (C=O) groups excluding carboxylic acids is 2. The highest BCUT2D eigenvalue weighted by Gasteiger charge is 2.21. The molecule has 3 heterocycles. The first-order valence-corrected chi connectivity index (χ1v) is 8.65. The molecule has 1 aliphatic rings. The van der Waals surface area contributed by atoms with Gasteiger partial charge in [-0.25, -0.2) is 9.78 Å². The van der Waals surface area contributed by atoms with Crippen molar-refractivity contribution in [3.8, 4) is 11.4 Å². The van der Waals surface area contributed by atoms with Crippen LogP contribution in [0.2, 0.25) is 0 Å². The fourth-order valence-electron chi connectivity index (χ4n) is 2.72. The molecule has 1 saturated heterocycles. The Labute approximate surface area is 143 Å². The molecule has 0 spiro atoms. The summed E-state index contributed by atoms with van der Waals surface area (Å²) in [5.74, 6) is -0.319. The zero-order valence-corrected chi connectivity index (χ0v) is 13.9. The SMILES string of the molecule is NC(=O)CN1CCC(NC(=O)Nc2nc(-c3ccc[nH]3)cs2)CC1. The maximum atomic E-state index is 12.1. The second-order valence-electron chi connectivity index (χ2n) is 5.74. The Morgan fingerprint density at radius 2 is 2.21 bits per heavy atom. The van der Waals surface area contributed by atoms with Crippen molar-refractivity contribution in [3.05, 3.63) is 23.7 Å². The number of aromatic nitrogens is 2. The molecule has 3 rings (SSSR count). The number of nitrogens with zero attached hydrogens (tertiary/aromatic N) is 2. The average molecular weight is 348 g/mol. The number of aromatic amines is 1. The molecule has 1 aliphatic heterocycles. The van der Waals surface area contributed by atoms with Crippen LogP contribution in [0.15, 0.2) is 23.7 Å². The molecule has 24 heavy (non-hydrogen) atoms. The van der Waals surface area contributed by atoms with Gasteiger partial charge in [-0.3, -0.25) is 15.0 Å². The van der Waals surface area contributed by atoms with Gasteiger partial charge in [0.15, 0.2) is 5.13 Å². The van der Waals surface area contributed by atoms with Gasteiger partial charge < -0.3 is 16.0 Å². The fraction of sp³-hybridized carbons (Fsp3) is 0.400. The van der Waals surface area contributed by atoms with Crippen LogP contribution in [0.4, 0.5) is 9.93 Å². The highest BCUT2D eigenvalue weighted by molar-refractivity contribution is 7.14. The molecule has 0 unspecified atom stereocenters. The molecule has 2 aromatic heterocycles. The molecule has 0 aliphatic carbocycles. The fourth-order valence-corrected chi connectivity index (χ4v) is 3.42. The molecule has 1 fully saturated rings. The first-order valence-electron chi connectivity index (χ1n) is 7.77. The lowest BCUT2D eigenvalue weighted by atomic mass is 10.1. The summed E-state index contributed by atoms with van der Waals surface area (Å²) in [6, 6.07) is 3.67. The molecule has 8 nitrogen and oxygen atoms in total. The smallest absolute Gasteiger partial charge is 0.321 e. The number of nitrogens with one attached hydrogen (secondary N) is 3. The minimum absolute atomic E-state index is 0.0944. The molecule has 0 saturated carbocycles. The number of thiazole rings is 1. The number of likely N-dealkylation sites (tertiary alicyclic amines) is 1. The molecule has 9 heteroatoms. The Hall–Kier alpha value is -2.39. The third kappa shape index (κ3) is 4.33. The number of urea groups is 1. The van der Waals surface area contributed by atoms with Gasteiger partial charge in [0.05, 0.1) is 17.9 Å². The number of anilines is 1. The standard InChI is InChI=1S/C15H20N6O2S/c16-13(22)8-21-6-3-10(4-7-21)18-14(23)20-15-19-12(9-24-15)11-2-1-5-17-11/h1-2,5,9-10,17H,3-4,6-8H2,(H2,16,22)(H2,18,19,20,23). The van der Waals surface area contributed by atoms with Crippen molar-refractivity contribution in [3.63, 3.8) is 0 Å². The van der Waals surface area contributed by atoms with E-state index >= 15 is 0 Å². The number of hydrogen-bond donors (Lipinski definition) is 4. The quantitative estimate of drug-likeness (QED) is 0.650. The summed E-state index contributed by atoms with van der Waals surface area (Å²) in [5, 5.41) is 8.17. The maximum absolute atomic E-state index is 12.1. The van der Waals surface area contributed by atoms with E-state index in [1.54, 1.807) is 0 Å². The van der Waals surface area contributed by atoms with E-state index in [1.165, 1.54) is 11.3 Å². The minimum atomic E-state index is -0.319. The number of hydrogen-bond acceptors (Lipinski definition) is 5. The Kier molecular flexibility index (Phi) is 5.11. The van der Waals surface area contributed by atoms with Crippen LogP contribution in [0.25, 0.3) is 11.4 Å². The number of carbonyl (C=O) groups is 2. The van der Waals surface area contributed by atoms with Crippen LogP contribution < -0.4 is 16.4 Å². The third-order valence-electron chi connectivity index (χ3n) is 3.90. The summed E-state index contributed by atoms with van der Waals surface area (Å²) in [5.41, 5.74) is 6.92. The van der Waals surface area contributed by atoms with Crippen LogP contribution in [0.1, 0.15) is 12.8 Å². The highest BCUT2D eigenvalue weighted by atomic mass is 32.1. The summed E-state index contributed by atoms with van der Waals surface area (Å²) in [6.07, 6.45) is 3.43. The lowest BCUT2D eigenvalue weighted by Crippen LogP contribution is -2.47. The van der Waals surface area contributed by atoms with E-state index in [0.29, 0.717) is 5.13 Å². The van der Waals surface area contributed by atoms with Crippen LogP contribution in [-0.2, 0) is 4.79 Å². The predicted molar refractivity (Wildman–Crippen MR) is 92.7 cm³/mol. The summed E-state index contributed by atoms with van der Waals surface area (Å²) >= 11 is 1.38. The average Bonchev–Trinajstić information content (AvgIpc) is 3.19. The zero-order valence-electron chi connectivity index (χ0n) is 13.1. The van der Waals surface area contributed by atoms with Gasteiger partial charge in [-0.15, -0.1) is 11.3 Å². The van der Waals surface area contributed by atoms with Crippen LogP contribution in [0.3, 0.4) is 0 Å². The molecular weight excluding hydrogens is 328 g/mol. The highest BCUT2D eigenvalue weighted by Crippen LogP contribution is 2.23. The van der Waals surface area contributed by atoms with Gasteiger partial charge in [0.2, 0.25) is 5.91 Å². The summed E-state index contributed by atoms with van der Waals surface area (Å²) in [4.78, 5) is 32.5. The van der Waals surface area contributed by atoms with Crippen molar-refractivity contribution >= 4 is 28.4 Å². The van der Waals surface area contributed by atoms with E-state index in [9.17, 15) is 9.59 Å². The van der Waals surface area contributed by atoms with Gasteiger partial charge in [0.25, 0.3) is 0 Å². The van der Waals surface area contributed by atoms with Crippen molar-refractivity contribution in [1.82, 2.24) is 20.2 Å². The van der Waals surface area contributed by atoms with Crippen LogP contribution in [0, 0.1) is 0 Å². The number of nitrogens with two attached hydrogens (primary N) is 1. The summed E-state index contributed by atoms with van der Waals surface area (Å²) in [6.45, 7) is 1.78. The van der Waals surface area contributed by atoms with E-state index in [1.807, 2.05) is 28.6 Å². The second-order valence-corrected chi connectivity index (χ2v) is 6.59. The molecule has 2 aromatic rings. The maximum Gasteiger partial charge on any atom is 0.321 e. The monoisotopic (exact) mass is 348 g/mol. The van der Waals surface area contributed by atoms with Crippen molar-refractivity contribution in [2.75, 3.05) is 25.0 Å². The number of amides is 3. The first kappa shape index (κ1) is 16.5. The number of H-pyrrole nitrogens is 1. The normalized spacial score (nSPS) is 16.0. The Bertz CT molecular complexity index is 691. The molecule has 0 radical (unpaired) electrons. The van der Waals surface area contributed by atoms with Crippen molar-refractivity contribution < 1.29 is 9.59 Å². The number of primary amides is 1. The summed E-state index contributed by atoms with van der Waals surface area (Å²) in [7, 11) is 0. The van der Waals surface area contributed by atoms with Crippen molar-refractivity contribution in [1.29, 1.82) is 0 Å². The molecule has 0 aromatic carbocycles. The lowest BCUT2D eigenvalue weighted by Gasteiger charge is -2.31. The van der Waals surface area contributed by atoms with Gasteiger partial charge in [0, 0.05) is 30.7 Å². The van der Waals surface area contributed by atoms with E-state index in [4.69, 9.17) is 5.73 Å². The van der Waals surface area contributed by atoms with Gasteiger partial charge in [0.1, 0.15) is 0 Å². The molecule has 0 atom stereocenters. The van der Waals surface area contributed by atoms with E-state index in [-0.39, 0.29) is 24.5 Å². The van der Waals surface area contributed by atoms with Gasteiger partial charge in [-0.1, -0.05) is 0 Å². The topological polar surface area (TPSA) is 116 Å². The van der Waals surface area contributed by atoms with Gasteiger partial charge in [-0.2, -0.15) is 0 Å². The van der Waals surface area contributed by atoms with Crippen molar-refractivity contribution in [2.45, 2.75) is 18.9 Å². The van der Waals surface area contributed by atoms with Crippen LogP contribution in [-0.4, -0.2) is 52.5 Å². The molecule has 3 amide bonds. The molecule has 5 N–H and O–H groups in total. The zero-order chi connectivity index (χ0) is 16.9. The van der Waals surface area contributed by atoms with E-state index in [0.717, 1.165) is 37.3 Å². The molecule has 0 bridgehead atoms. The number of rotatable bonds is 5. The Morgan fingerprint density at radius 3 is 2.88 bits per heavy atom. The van der Waals surface area contributed by atoms with Gasteiger partial charge >= 0.3 is 6.03 Å². The lowest BCUT2D eigenvalue weighted by molar-refractivity contribution is -0.119. The number of piperidine rings is 1. The second kappa shape index (κ2) is 7.45. The Balaban J connectivity index is 1.46. The minimum Gasteiger partial charge on any atom is -0.369 e. The molecule has 128 valence electrons. The van der Waals surface area contributed by atoms with Crippen LogP contribution >= 0.6 is 11.3 Å². The Morgan fingerprint density at radius 1 is 1.42 bits per heavy atom. The predicted octanol–water partition coefficient (Wildman–Crippen LogP) is 1.21. The van der Waals surface area contributed by atoms with E-state index < -0.39 is 0 Å². The van der Waals surface area contributed by atoms with Crippen LogP contribution in [0.5, 0.6) is 0 Å². The van der Waals surface area contributed by atoms with Gasteiger partial charge in [-0.05, 0) is 25.0 Å². The summed E-state index contributed by atoms with van der Waals surface area (Å²) < 4.78 is 0. The first-order chi connectivity index (χ1) is 11.6. The van der Waals surface area contributed by atoms with Crippen molar-refractivity contribution in [2.24, 2.45) is 5.73 Å². The molecular formula is C15H20N6O2S.